The Balaban J connectivity index is 1.69. The molecule has 2 rings (SSSR count). The molecule has 9 N–H and O–H groups in total. The Morgan fingerprint density at radius 1 is 0.468 bits per heavy atom. The molecule has 0 aromatic heterocycles. The first-order chi connectivity index (χ1) is 38.6. The molecule has 14 nitrogen and oxygen atoms in total. The zero-order chi connectivity index (χ0) is 57.4. The molecule has 2 aliphatic heterocycles. The Morgan fingerprint density at radius 2 is 0.873 bits per heavy atom. The average molecular weight is 1120 g/mol. The van der Waals surface area contributed by atoms with Crippen molar-refractivity contribution in [1.82, 2.24) is 5.32 Å². The third-order valence-electron chi connectivity index (χ3n) is 15.5. The van der Waals surface area contributed by atoms with E-state index in [2.05, 4.69) is 67.8 Å². The van der Waals surface area contributed by atoms with Crippen molar-refractivity contribution in [1.29, 1.82) is 0 Å². The van der Waals surface area contributed by atoms with E-state index >= 15 is 0 Å². The quantitative estimate of drug-likeness (QED) is 0.0204. The number of aliphatic hydroxyl groups excluding tert-OH is 8. The molecule has 1 amide bonds. The van der Waals surface area contributed by atoms with Crippen LogP contribution in [0.15, 0.2) is 60.8 Å². The second kappa shape index (κ2) is 50.2. The van der Waals surface area contributed by atoms with E-state index in [0.717, 1.165) is 64.2 Å². The van der Waals surface area contributed by atoms with Crippen LogP contribution in [0.3, 0.4) is 0 Å². The van der Waals surface area contributed by atoms with Crippen LogP contribution < -0.4 is 5.32 Å². The molecule has 12 atom stereocenters. The Hall–Kier alpha value is -2.31. The van der Waals surface area contributed by atoms with Crippen LogP contribution in [0.2, 0.25) is 0 Å². The minimum absolute atomic E-state index is 0.239. The molecule has 12 unspecified atom stereocenters. The molecule has 2 fully saturated rings. The van der Waals surface area contributed by atoms with E-state index in [1.165, 1.54) is 161 Å². The number of aliphatic hydroxyl groups is 8. The summed E-state index contributed by atoms with van der Waals surface area (Å²) < 4.78 is 22.8. The van der Waals surface area contributed by atoms with Crippen LogP contribution in [-0.2, 0) is 23.7 Å². The van der Waals surface area contributed by atoms with Gasteiger partial charge in [-0.2, -0.15) is 0 Å². The van der Waals surface area contributed by atoms with Gasteiger partial charge < -0.3 is 65.1 Å². The normalized spacial score (nSPS) is 24.8. The van der Waals surface area contributed by atoms with Crippen molar-refractivity contribution in [2.24, 2.45) is 0 Å². The van der Waals surface area contributed by atoms with Gasteiger partial charge >= 0.3 is 0 Å². The van der Waals surface area contributed by atoms with Gasteiger partial charge in [0.15, 0.2) is 12.6 Å². The van der Waals surface area contributed by atoms with Crippen molar-refractivity contribution < 1.29 is 64.6 Å². The first-order valence-electron chi connectivity index (χ1n) is 32.0. The van der Waals surface area contributed by atoms with Crippen molar-refractivity contribution in [2.75, 3.05) is 19.8 Å². The van der Waals surface area contributed by atoms with Gasteiger partial charge in [-0.15, -0.1) is 0 Å². The standard InChI is InChI=1S/C65H117NO13/c1-3-5-7-9-11-13-15-17-19-21-22-23-24-25-26-27-28-29-30-31-32-33-35-37-39-41-43-45-47-49-57(70)66-53(54(69)48-46-44-42-40-38-36-34-20-18-16-14-12-10-8-6-4-2)52-76-64-62(75)60(73)63(56(51-68)78-64)79-65-61(74)59(72)58(71)55(50-67)77-65/h5,7,11,13,17,19,22-23,46,48,53-56,58-65,67-69,71-75H,3-4,6,8-10,12,14-16,18,20-21,24-45,47,49-52H2,1-2H3,(H,66,70)/b7-5-,13-11-,19-17-,23-22-,48-46+. The second-order valence-electron chi connectivity index (χ2n) is 22.5. The number of carbonyl (C=O) groups excluding carboxylic acids is 1. The van der Waals surface area contributed by atoms with E-state index in [9.17, 15) is 45.6 Å². The van der Waals surface area contributed by atoms with Gasteiger partial charge in [0.2, 0.25) is 5.91 Å². The number of amides is 1. The van der Waals surface area contributed by atoms with E-state index in [1.807, 2.05) is 6.08 Å². The maximum absolute atomic E-state index is 13.3. The molecule has 0 bridgehead atoms. The fraction of sp³-hybridized carbons (Fsp3) is 0.831. The molecule has 460 valence electrons. The Labute approximate surface area is 479 Å². The monoisotopic (exact) mass is 1120 g/mol. The van der Waals surface area contributed by atoms with Gasteiger partial charge in [0.1, 0.15) is 48.8 Å². The molecule has 2 heterocycles. The van der Waals surface area contributed by atoms with E-state index in [4.69, 9.17) is 18.9 Å². The first-order valence-corrected chi connectivity index (χ1v) is 32.0. The maximum atomic E-state index is 13.3. The third-order valence-corrected chi connectivity index (χ3v) is 15.5. The molecule has 0 aliphatic carbocycles. The maximum Gasteiger partial charge on any atom is 0.220 e. The van der Waals surface area contributed by atoms with E-state index < -0.39 is 86.8 Å². The fourth-order valence-electron chi connectivity index (χ4n) is 10.3. The lowest BCUT2D eigenvalue weighted by atomic mass is 9.97. The SMILES string of the molecule is CC/C=C\C/C=C\C/C=C\C/C=C\CCCCCCCCCCCCCCCCCCC(=O)NC(COC1OC(CO)C(OC2OC(CO)C(O)C(O)C2O)C(O)C1O)C(O)/C=C/CCCCCCCCCCCCCCCC. The largest absolute Gasteiger partial charge is 0.394 e. The molecule has 0 saturated carbocycles. The number of hydrogen-bond donors (Lipinski definition) is 9. The topological polar surface area (TPSA) is 228 Å². The number of carbonyl (C=O) groups is 1. The van der Waals surface area contributed by atoms with Gasteiger partial charge in [-0.25, -0.2) is 0 Å². The zero-order valence-corrected chi connectivity index (χ0v) is 49.6. The number of allylic oxidation sites excluding steroid dienone is 9. The predicted octanol–water partition coefficient (Wildman–Crippen LogP) is 11.7. The summed E-state index contributed by atoms with van der Waals surface area (Å²) in [7, 11) is 0. The van der Waals surface area contributed by atoms with Crippen LogP contribution in [-0.4, -0.2) is 140 Å². The van der Waals surface area contributed by atoms with Gasteiger partial charge in [0, 0.05) is 6.42 Å². The molecular formula is C65H117NO13. The van der Waals surface area contributed by atoms with Crippen molar-refractivity contribution in [3.05, 3.63) is 60.8 Å². The highest BCUT2D eigenvalue weighted by Crippen LogP contribution is 2.30. The van der Waals surface area contributed by atoms with E-state index in [1.54, 1.807) is 6.08 Å². The molecule has 14 heteroatoms. The van der Waals surface area contributed by atoms with Gasteiger partial charge in [0.05, 0.1) is 32.0 Å². The highest BCUT2D eigenvalue weighted by atomic mass is 16.7. The zero-order valence-electron chi connectivity index (χ0n) is 49.6. The van der Waals surface area contributed by atoms with Gasteiger partial charge in [-0.3, -0.25) is 4.79 Å². The van der Waals surface area contributed by atoms with Gasteiger partial charge in [0.25, 0.3) is 0 Å². The van der Waals surface area contributed by atoms with Crippen molar-refractivity contribution in [3.63, 3.8) is 0 Å². The molecule has 0 aromatic rings. The molecule has 2 saturated heterocycles. The Bertz CT molecular complexity index is 1560. The van der Waals surface area contributed by atoms with Crippen LogP contribution in [0, 0.1) is 0 Å². The minimum atomic E-state index is -1.79. The van der Waals surface area contributed by atoms with Gasteiger partial charge in [-0.1, -0.05) is 248 Å². The van der Waals surface area contributed by atoms with Crippen LogP contribution in [0.25, 0.3) is 0 Å². The summed E-state index contributed by atoms with van der Waals surface area (Å²) in [5.41, 5.74) is 0. The predicted molar refractivity (Wildman–Crippen MR) is 318 cm³/mol. The minimum Gasteiger partial charge on any atom is -0.394 e. The summed E-state index contributed by atoms with van der Waals surface area (Å²) in [5.74, 6) is -0.239. The average Bonchev–Trinajstić information content (AvgIpc) is 3.48. The molecule has 0 radical (unpaired) electrons. The number of hydrogen-bond acceptors (Lipinski definition) is 13. The van der Waals surface area contributed by atoms with Gasteiger partial charge in [-0.05, 0) is 57.8 Å². The Morgan fingerprint density at radius 3 is 1.34 bits per heavy atom. The summed E-state index contributed by atoms with van der Waals surface area (Å²) in [4.78, 5) is 13.3. The third kappa shape index (κ3) is 35.4. The van der Waals surface area contributed by atoms with E-state index in [-0.39, 0.29) is 18.9 Å². The van der Waals surface area contributed by atoms with Crippen LogP contribution >= 0.6 is 0 Å². The summed E-state index contributed by atoms with van der Waals surface area (Å²) in [5, 5.41) is 87.2. The first kappa shape index (κ1) is 72.8. The number of unbranched alkanes of at least 4 members (excludes halogenated alkanes) is 30. The number of rotatable bonds is 51. The van der Waals surface area contributed by atoms with Crippen LogP contribution in [0.1, 0.15) is 251 Å². The molecule has 0 spiro atoms. The van der Waals surface area contributed by atoms with Crippen molar-refractivity contribution in [2.45, 2.75) is 325 Å². The highest BCUT2D eigenvalue weighted by molar-refractivity contribution is 5.76. The van der Waals surface area contributed by atoms with E-state index in [0.29, 0.717) is 6.42 Å². The Kier molecular flexibility index (Phi) is 46.3. The summed E-state index contributed by atoms with van der Waals surface area (Å²) >= 11 is 0. The lowest BCUT2D eigenvalue weighted by Gasteiger charge is -2.46. The van der Waals surface area contributed by atoms with Crippen molar-refractivity contribution in [3.8, 4) is 0 Å². The fourth-order valence-corrected chi connectivity index (χ4v) is 10.3. The number of nitrogens with one attached hydrogen (secondary N) is 1. The summed E-state index contributed by atoms with van der Waals surface area (Å²) in [6.07, 6.45) is 48.3. The molecular weight excluding hydrogens is 1000 g/mol. The summed E-state index contributed by atoms with van der Waals surface area (Å²) in [6, 6.07) is -0.916. The second-order valence-corrected chi connectivity index (χ2v) is 22.5. The molecule has 2 aliphatic rings. The van der Waals surface area contributed by atoms with Crippen molar-refractivity contribution >= 4 is 5.91 Å². The molecule has 0 aromatic carbocycles. The lowest BCUT2D eigenvalue weighted by Crippen LogP contribution is -2.65. The van der Waals surface area contributed by atoms with Crippen LogP contribution in [0.5, 0.6) is 0 Å². The summed E-state index contributed by atoms with van der Waals surface area (Å²) in [6.45, 7) is 2.70. The smallest absolute Gasteiger partial charge is 0.220 e. The lowest BCUT2D eigenvalue weighted by molar-refractivity contribution is -0.359. The molecule has 79 heavy (non-hydrogen) atoms. The highest BCUT2D eigenvalue weighted by Gasteiger charge is 2.51. The van der Waals surface area contributed by atoms with Crippen LogP contribution in [0.4, 0.5) is 0 Å². The number of ether oxygens (including phenoxy) is 4.